The quantitative estimate of drug-likeness (QED) is 0.811. The van der Waals surface area contributed by atoms with Gasteiger partial charge in [-0.1, -0.05) is 11.6 Å². The molecule has 0 saturated carbocycles. The molecule has 0 bridgehead atoms. The zero-order valence-electron chi connectivity index (χ0n) is 14.3. The van der Waals surface area contributed by atoms with Crippen molar-refractivity contribution in [2.24, 2.45) is 5.92 Å². The number of nitrogens with zero attached hydrogens (tertiary/aromatic N) is 2. The van der Waals surface area contributed by atoms with Crippen LogP contribution in [0.25, 0.3) is 0 Å². The second-order valence-corrected chi connectivity index (χ2v) is 7.38. The summed E-state index contributed by atoms with van der Waals surface area (Å²) in [5.74, 6) is -0.104. The van der Waals surface area contributed by atoms with E-state index in [1.807, 2.05) is 20.8 Å². The number of carbonyl (C=O) groups is 1. The van der Waals surface area contributed by atoms with Crippen molar-refractivity contribution in [2.45, 2.75) is 45.4 Å². The van der Waals surface area contributed by atoms with Crippen molar-refractivity contribution in [2.75, 3.05) is 18.0 Å². The normalized spacial score (nSPS) is 16.8. The highest BCUT2D eigenvalue weighted by Crippen LogP contribution is 2.34. The van der Waals surface area contributed by atoms with Gasteiger partial charge in [-0.25, -0.2) is 10.5 Å². The molecule has 2 rings (SSSR count). The lowest BCUT2D eigenvalue weighted by atomic mass is 9.96. The van der Waals surface area contributed by atoms with Crippen LogP contribution in [-0.2, 0) is 15.8 Å². The van der Waals surface area contributed by atoms with Crippen LogP contribution in [-0.4, -0.2) is 29.6 Å². The predicted molar refractivity (Wildman–Crippen MR) is 88.2 cm³/mol. The van der Waals surface area contributed by atoms with E-state index in [0.717, 1.165) is 12.3 Å². The smallest absolute Gasteiger partial charge is 0.355 e. The van der Waals surface area contributed by atoms with E-state index in [2.05, 4.69) is 10.5 Å². The first kappa shape index (κ1) is 19.8. The van der Waals surface area contributed by atoms with E-state index in [1.54, 1.807) is 4.90 Å². The van der Waals surface area contributed by atoms with Crippen molar-refractivity contribution in [3.05, 3.63) is 22.8 Å². The van der Waals surface area contributed by atoms with Crippen LogP contribution in [0.3, 0.4) is 0 Å². The van der Waals surface area contributed by atoms with Crippen molar-refractivity contribution >= 4 is 23.3 Å². The molecule has 1 aliphatic rings. The summed E-state index contributed by atoms with van der Waals surface area (Å²) < 4.78 is 38.0. The molecule has 1 aromatic heterocycles. The summed E-state index contributed by atoms with van der Waals surface area (Å²) in [5, 5.41) is -0.0474. The fraction of sp³-hybridized carbons (Fsp3) is 0.625. The van der Waals surface area contributed by atoms with Gasteiger partial charge in [-0.3, -0.25) is 9.63 Å². The lowest BCUT2D eigenvalue weighted by Gasteiger charge is -2.33. The summed E-state index contributed by atoms with van der Waals surface area (Å²) >= 11 is 5.96. The van der Waals surface area contributed by atoms with Gasteiger partial charge in [0.15, 0.2) is 0 Å². The van der Waals surface area contributed by atoms with Crippen LogP contribution in [0.4, 0.5) is 19.0 Å². The minimum atomic E-state index is -4.48. The summed E-state index contributed by atoms with van der Waals surface area (Å²) in [5.41, 5.74) is 1.10. The fourth-order valence-electron chi connectivity index (χ4n) is 2.46. The van der Waals surface area contributed by atoms with E-state index >= 15 is 0 Å². The lowest BCUT2D eigenvalue weighted by Crippen LogP contribution is -2.43. The van der Waals surface area contributed by atoms with E-state index < -0.39 is 17.3 Å². The number of nitrogens with one attached hydrogen (secondary N) is 1. The number of alkyl halides is 3. The molecule has 140 valence electrons. The highest BCUT2D eigenvalue weighted by molar-refractivity contribution is 6.33. The molecule has 1 N–H and O–H groups in total. The maximum absolute atomic E-state index is 12.7. The minimum absolute atomic E-state index is 0.0474. The molecule has 0 atom stereocenters. The molecule has 0 aliphatic carbocycles. The number of amides is 1. The van der Waals surface area contributed by atoms with Crippen LogP contribution in [0.1, 0.15) is 39.2 Å². The molecule has 0 unspecified atom stereocenters. The molecule has 0 aromatic carbocycles. The third kappa shape index (κ3) is 5.47. The molecule has 2 heterocycles. The van der Waals surface area contributed by atoms with Gasteiger partial charge in [-0.15, -0.1) is 0 Å². The van der Waals surface area contributed by atoms with Crippen LogP contribution in [0.15, 0.2) is 12.3 Å². The Kier molecular flexibility index (Phi) is 5.83. The molecule has 1 aromatic rings. The van der Waals surface area contributed by atoms with E-state index in [4.69, 9.17) is 16.4 Å². The van der Waals surface area contributed by atoms with Crippen molar-refractivity contribution in [3.8, 4) is 0 Å². The standard InChI is InChI=1S/C16H21ClF3N3O2/c1-15(2,3)25-22-14(24)10-4-6-23(7-5-10)13-12(17)8-11(9-21-13)16(18,19)20/h8-10H,4-7H2,1-3H3,(H,22,24). The second kappa shape index (κ2) is 7.37. The van der Waals surface area contributed by atoms with E-state index in [0.29, 0.717) is 31.7 Å². The Bertz CT molecular complexity index is 624. The van der Waals surface area contributed by atoms with E-state index in [9.17, 15) is 18.0 Å². The number of hydrogen-bond acceptors (Lipinski definition) is 4. The molecular weight excluding hydrogens is 359 g/mol. The summed E-state index contributed by atoms with van der Waals surface area (Å²) in [4.78, 5) is 23.0. The maximum Gasteiger partial charge on any atom is 0.417 e. The van der Waals surface area contributed by atoms with Crippen molar-refractivity contribution < 1.29 is 22.8 Å². The van der Waals surface area contributed by atoms with Gasteiger partial charge in [-0.05, 0) is 39.7 Å². The molecule has 5 nitrogen and oxygen atoms in total. The molecule has 0 spiro atoms. The molecule has 1 fully saturated rings. The summed E-state index contributed by atoms with van der Waals surface area (Å²) in [6.07, 6.45) is -2.62. The molecular formula is C16H21ClF3N3O2. The maximum atomic E-state index is 12.7. The van der Waals surface area contributed by atoms with Gasteiger partial charge < -0.3 is 4.90 Å². The zero-order chi connectivity index (χ0) is 18.8. The van der Waals surface area contributed by atoms with Gasteiger partial charge in [0.25, 0.3) is 0 Å². The van der Waals surface area contributed by atoms with Crippen LogP contribution >= 0.6 is 11.6 Å². The average Bonchev–Trinajstić information content (AvgIpc) is 2.51. The van der Waals surface area contributed by atoms with Crippen LogP contribution in [0.5, 0.6) is 0 Å². The monoisotopic (exact) mass is 379 g/mol. The number of hydrogen-bond donors (Lipinski definition) is 1. The summed E-state index contributed by atoms with van der Waals surface area (Å²) in [6.45, 7) is 6.44. The largest absolute Gasteiger partial charge is 0.417 e. The number of halogens is 4. The zero-order valence-corrected chi connectivity index (χ0v) is 15.0. The first-order chi connectivity index (χ1) is 11.5. The van der Waals surface area contributed by atoms with Gasteiger partial charge in [-0.2, -0.15) is 13.2 Å². The first-order valence-electron chi connectivity index (χ1n) is 7.93. The Balaban J connectivity index is 1.95. The highest BCUT2D eigenvalue weighted by Gasteiger charge is 2.33. The highest BCUT2D eigenvalue weighted by atomic mass is 35.5. The Morgan fingerprint density at radius 3 is 2.40 bits per heavy atom. The van der Waals surface area contributed by atoms with Crippen LogP contribution in [0.2, 0.25) is 5.02 Å². The number of hydroxylamine groups is 1. The number of pyridine rings is 1. The number of aromatic nitrogens is 1. The van der Waals surface area contributed by atoms with Crippen molar-refractivity contribution in [3.63, 3.8) is 0 Å². The third-order valence-corrected chi connectivity index (χ3v) is 4.05. The van der Waals surface area contributed by atoms with Crippen molar-refractivity contribution in [1.82, 2.24) is 10.5 Å². The Hall–Kier alpha value is -1.54. The summed E-state index contributed by atoms with van der Waals surface area (Å²) in [7, 11) is 0. The van der Waals surface area contributed by atoms with Crippen molar-refractivity contribution in [1.29, 1.82) is 0 Å². The SMILES string of the molecule is CC(C)(C)ONC(=O)C1CCN(c2ncc(C(F)(F)F)cc2Cl)CC1. The molecule has 25 heavy (non-hydrogen) atoms. The molecule has 1 aliphatic heterocycles. The first-order valence-corrected chi connectivity index (χ1v) is 8.31. The Labute approximate surface area is 149 Å². The van der Waals surface area contributed by atoms with Gasteiger partial charge in [0.05, 0.1) is 16.2 Å². The molecule has 9 heteroatoms. The summed E-state index contributed by atoms with van der Waals surface area (Å²) in [6, 6.07) is 0.875. The van der Waals surface area contributed by atoms with Gasteiger partial charge in [0, 0.05) is 25.2 Å². The Morgan fingerprint density at radius 2 is 1.92 bits per heavy atom. The number of anilines is 1. The number of rotatable bonds is 3. The molecule has 0 radical (unpaired) electrons. The Morgan fingerprint density at radius 1 is 1.32 bits per heavy atom. The average molecular weight is 380 g/mol. The topological polar surface area (TPSA) is 54.5 Å². The lowest BCUT2D eigenvalue weighted by molar-refractivity contribution is -0.150. The molecule has 1 saturated heterocycles. The van der Waals surface area contributed by atoms with Gasteiger partial charge in [0.2, 0.25) is 5.91 Å². The molecule has 1 amide bonds. The van der Waals surface area contributed by atoms with Gasteiger partial charge >= 0.3 is 6.18 Å². The van der Waals surface area contributed by atoms with Gasteiger partial charge in [0.1, 0.15) is 5.82 Å². The predicted octanol–water partition coefficient (Wildman–Crippen LogP) is 3.82. The minimum Gasteiger partial charge on any atom is -0.355 e. The second-order valence-electron chi connectivity index (χ2n) is 6.97. The van der Waals surface area contributed by atoms with Crippen LogP contribution in [0, 0.1) is 5.92 Å². The third-order valence-electron chi connectivity index (χ3n) is 3.77. The number of carbonyl (C=O) groups excluding carboxylic acids is 1. The number of piperidine rings is 1. The van der Waals surface area contributed by atoms with Crippen LogP contribution < -0.4 is 10.4 Å². The van der Waals surface area contributed by atoms with E-state index in [1.165, 1.54) is 0 Å². The fourth-order valence-corrected chi connectivity index (χ4v) is 2.74. The van der Waals surface area contributed by atoms with E-state index in [-0.39, 0.29) is 16.8 Å².